The van der Waals surface area contributed by atoms with E-state index < -0.39 is 0 Å². The highest BCUT2D eigenvalue weighted by Crippen LogP contribution is 2.36. The zero-order valence-electron chi connectivity index (χ0n) is 9.10. The predicted molar refractivity (Wildman–Crippen MR) is 56.9 cm³/mol. The van der Waals surface area contributed by atoms with Crippen molar-refractivity contribution in [3.63, 3.8) is 0 Å². The zero-order valence-corrected chi connectivity index (χ0v) is 9.10. The fourth-order valence-electron chi connectivity index (χ4n) is 1.86. The molecule has 0 saturated heterocycles. The van der Waals surface area contributed by atoms with E-state index in [1.165, 1.54) is 0 Å². The van der Waals surface area contributed by atoms with Crippen LogP contribution in [-0.4, -0.2) is 20.0 Å². The molecule has 2 unspecified atom stereocenters. The molecule has 2 rings (SSSR count). The van der Waals surface area contributed by atoms with Crippen LogP contribution in [0, 0.1) is 0 Å². The van der Waals surface area contributed by atoms with Crippen molar-refractivity contribution in [1.82, 2.24) is 0 Å². The molecule has 3 nitrogen and oxygen atoms in total. The van der Waals surface area contributed by atoms with E-state index in [2.05, 4.69) is 0 Å². The van der Waals surface area contributed by atoms with E-state index in [9.17, 15) is 0 Å². The Balaban J connectivity index is 2.22. The highest BCUT2D eigenvalue weighted by molar-refractivity contribution is 5.36. The number of hydrogen-bond donors (Lipinski definition) is 0. The summed E-state index contributed by atoms with van der Waals surface area (Å²) in [5.74, 6) is 0.869. The Kier molecular flexibility index (Phi) is 3.23. The van der Waals surface area contributed by atoms with Gasteiger partial charge in [-0.2, -0.15) is 0 Å². The molecule has 0 N–H and O–H groups in total. The van der Waals surface area contributed by atoms with Gasteiger partial charge in [-0.15, -0.1) is 0 Å². The highest BCUT2D eigenvalue weighted by atomic mass is 16.7. The highest BCUT2D eigenvalue weighted by Gasteiger charge is 2.27. The van der Waals surface area contributed by atoms with E-state index >= 15 is 0 Å². The number of benzene rings is 1. The summed E-state index contributed by atoms with van der Waals surface area (Å²) in [4.78, 5) is 0. The third-order valence-corrected chi connectivity index (χ3v) is 2.57. The van der Waals surface area contributed by atoms with Crippen molar-refractivity contribution in [3.8, 4) is 5.75 Å². The van der Waals surface area contributed by atoms with Gasteiger partial charge < -0.3 is 14.2 Å². The third-order valence-electron chi connectivity index (χ3n) is 2.57. The summed E-state index contributed by atoms with van der Waals surface area (Å²) in [7, 11) is 1.72. The van der Waals surface area contributed by atoms with Crippen LogP contribution in [0.3, 0.4) is 0 Å². The van der Waals surface area contributed by atoms with Crippen LogP contribution in [0.5, 0.6) is 5.75 Å². The molecular formula is C12H16O3. The van der Waals surface area contributed by atoms with E-state index in [-0.39, 0.29) is 12.4 Å². The monoisotopic (exact) mass is 208 g/mol. The van der Waals surface area contributed by atoms with E-state index in [0.717, 1.165) is 17.7 Å². The van der Waals surface area contributed by atoms with Crippen molar-refractivity contribution >= 4 is 0 Å². The lowest BCUT2D eigenvalue weighted by molar-refractivity contribution is -0.117. The maximum atomic E-state index is 5.70. The van der Waals surface area contributed by atoms with Gasteiger partial charge in [0.25, 0.3) is 0 Å². The Hall–Kier alpha value is -1.06. The van der Waals surface area contributed by atoms with E-state index in [0.29, 0.717) is 6.61 Å². The Labute approximate surface area is 90.0 Å². The van der Waals surface area contributed by atoms with Crippen LogP contribution < -0.4 is 4.74 Å². The maximum absolute atomic E-state index is 5.70. The van der Waals surface area contributed by atoms with Gasteiger partial charge in [0.2, 0.25) is 6.29 Å². The molecular weight excluding hydrogens is 192 g/mol. The number of fused-ring (bicyclic) bond motifs is 1. The van der Waals surface area contributed by atoms with Crippen LogP contribution in [0.1, 0.15) is 25.0 Å². The van der Waals surface area contributed by atoms with Gasteiger partial charge in [0.1, 0.15) is 5.75 Å². The number of rotatable bonds is 3. The van der Waals surface area contributed by atoms with Crippen molar-refractivity contribution in [3.05, 3.63) is 29.8 Å². The minimum absolute atomic E-state index is 0.0755. The molecule has 1 aliphatic heterocycles. The summed E-state index contributed by atoms with van der Waals surface area (Å²) in [6.45, 7) is 2.62. The van der Waals surface area contributed by atoms with E-state index in [1.807, 2.05) is 31.2 Å². The van der Waals surface area contributed by atoms with Gasteiger partial charge in [-0.1, -0.05) is 18.2 Å². The number of methoxy groups -OCH3 is 1. The average Bonchev–Trinajstić information content (AvgIpc) is 2.28. The van der Waals surface area contributed by atoms with E-state index in [4.69, 9.17) is 14.2 Å². The Morgan fingerprint density at radius 1 is 1.40 bits per heavy atom. The van der Waals surface area contributed by atoms with Gasteiger partial charge in [0.15, 0.2) is 0 Å². The van der Waals surface area contributed by atoms with Gasteiger partial charge in [0, 0.05) is 25.7 Å². The average molecular weight is 208 g/mol. The summed E-state index contributed by atoms with van der Waals surface area (Å²) >= 11 is 0. The molecule has 0 radical (unpaired) electrons. The lowest BCUT2D eigenvalue weighted by atomic mass is 10.0. The standard InChI is InChI=1S/C12H16O3/c1-3-14-12-8-11(13-2)9-6-4-5-7-10(9)15-12/h4-7,11-12H,3,8H2,1-2H3. The molecule has 1 aromatic rings. The lowest BCUT2D eigenvalue weighted by Gasteiger charge is -2.30. The summed E-state index contributed by atoms with van der Waals surface area (Å²) in [5.41, 5.74) is 1.11. The third kappa shape index (κ3) is 2.13. The summed E-state index contributed by atoms with van der Waals surface area (Å²) in [6, 6.07) is 7.94. The smallest absolute Gasteiger partial charge is 0.202 e. The van der Waals surface area contributed by atoms with E-state index in [1.54, 1.807) is 7.11 Å². The first kappa shape index (κ1) is 10.5. The molecule has 0 fully saturated rings. The first-order valence-electron chi connectivity index (χ1n) is 5.25. The molecule has 1 heterocycles. The van der Waals surface area contributed by atoms with Gasteiger partial charge >= 0.3 is 0 Å². The minimum Gasteiger partial charge on any atom is -0.464 e. The van der Waals surface area contributed by atoms with Crippen LogP contribution in [0.25, 0.3) is 0 Å². The molecule has 3 heteroatoms. The lowest BCUT2D eigenvalue weighted by Crippen LogP contribution is -2.28. The zero-order chi connectivity index (χ0) is 10.7. The normalized spacial score (nSPS) is 24.4. The van der Waals surface area contributed by atoms with Gasteiger partial charge in [-0.05, 0) is 13.0 Å². The molecule has 0 saturated carbocycles. The quantitative estimate of drug-likeness (QED) is 0.764. The van der Waals surface area contributed by atoms with Crippen molar-refractivity contribution < 1.29 is 14.2 Å². The SMILES string of the molecule is CCOC1CC(OC)c2ccccc2O1. The number of para-hydroxylation sites is 1. The van der Waals surface area contributed by atoms with Crippen LogP contribution in [0.4, 0.5) is 0 Å². The first-order chi connectivity index (χ1) is 7.35. The molecule has 1 aliphatic rings. The topological polar surface area (TPSA) is 27.7 Å². The number of hydrogen-bond acceptors (Lipinski definition) is 3. The van der Waals surface area contributed by atoms with Gasteiger partial charge in [0.05, 0.1) is 6.10 Å². The molecule has 0 spiro atoms. The van der Waals surface area contributed by atoms with Gasteiger partial charge in [-0.3, -0.25) is 0 Å². The maximum Gasteiger partial charge on any atom is 0.202 e. The predicted octanol–water partition coefficient (Wildman–Crippen LogP) is 2.52. The van der Waals surface area contributed by atoms with Crippen LogP contribution >= 0.6 is 0 Å². The fraction of sp³-hybridized carbons (Fsp3) is 0.500. The molecule has 15 heavy (non-hydrogen) atoms. The summed E-state index contributed by atoms with van der Waals surface area (Å²) in [5, 5.41) is 0. The van der Waals surface area contributed by atoms with Gasteiger partial charge in [-0.25, -0.2) is 0 Å². The van der Waals surface area contributed by atoms with Crippen molar-refractivity contribution in [1.29, 1.82) is 0 Å². The van der Waals surface area contributed by atoms with Crippen molar-refractivity contribution in [2.45, 2.75) is 25.7 Å². The second-order valence-electron chi connectivity index (χ2n) is 3.50. The Bertz CT molecular complexity index is 324. The van der Waals surface area contributed by atoms with Crippen LogP contribution in [-0.2, 0) is 9.47 Å². The first-order valence-corrected chi connectivity index (χ1v) is 5.25. The molecule has 0 bridgehead atoms. The summed E-state index contributed by atoms with van der Waals surface area (Å²) in [6.07, 6.45) is 0.641. The molecule has 0 amide bonds. The summed E-state index contributed by atoms with van der Waals surface area (Å²) < 4.78 is 16.6. The Morgan fingerprint density at radius 2 is 2.20 bits per heavy atom. The molecule has 0 aliphatic carbocycles. The Morgan fingerprint density at radius 3 is 2.93 bits per heavy atom. The second-order valence-corrected chi connectivity index (χ2v) is 3.50. The molecule has 0 aromatic heterocycles. The van der Waals surface area contributed by atoms with Crippen LogP contribution in [0.15, 0.2) is 24.3 Å². The fourth-order valence-corrected chi connectivity index (χ4v) is 1.86. The largest absolute Gasteiger partial charge is 0.464 e. The second kappa shape index (κ2) is 4.64. The molecule has 82 valence electrons. The molecule has 2 atom stereocenters. The number of ether oxygens (including phenoxy) is 3. The van der Waals surface area contributed by atoms with Crippen molar-refractivity contribution in [2.24, 2.45) is 0 Å². The van der Waals surface area contributed by atoms with Crippen molar-refractivity contribution in [2.75, 3.05) is 13.7 Å². The van der Waals surface area contributed by atoms with Crippen LogP contribution in [0.2, 0.25) is 0 Å². The molecule has 1 aromatic carbocycles. The minimum atomic E-state index is -0.185.